The molecule has 0 fully saturated rings. The molecule has 1 unspecified atom stereocenters. The maximum absolute atomic E-state index is 9.74. The highest BCUT2D eigenvalue weighted by atomic mass is 32.2. The topological polar surface area (TPSA) is 32.3 Å². The van der Waals surface area contributed by atoms with Crippen LogP contribution in [0.15, 0.2) is 0 Å². The Bertz CT molecular complexity index is 107. The van der Waals surface area contributed by atoms with E-state index in [4.69, 9.17) is 0 Å². The molecule has 0 aliphatic rings. The Morgan fingerprint density at radius 2 is 1.92 bits per heavy atom. The minimum atomic E-state index is -0.170. The summed E-state index contributed by atoms with van der Waals surface area (Å²) in [5, 5.41) is 13.0. The summed E-state index contributed by atoms with van der Waals surface area (Å²) in [7, 11) is 0. The average molecular weight is 205 g/mol. The first kappa shape index (κ1) is 13.3. The van der Waals surface area contributed by atoms with Crippen LogP contribution in [0.25, 0.3) is 0 Å². The zero-order valence-corrected chi connectivity index (χ0v) is 9.86. The third-order valence-electron chi connectivity index (χ3n) is 2.43. The lowest BCUT2D eigenvalue weighted by molar-refractivity contribution is 0.102. The van der Waals surface area contributed by atoms with E-state index >= 15 is 0 Å². The fourth-order valence-electron chi connectivity index (χ4n) is 1.42. The summed E-state index contributed by atoms with van der Waals surface area (Å²) in [4.78, 5) is 0. The average Bonchev–Trinajstić information content (AvgIpc) is 2.14. The van der Waals surface area contributed by atoms with Gasteiger partial charge in [0.05, 0.1) is 6.10 Å². The third kappa shape index (κ3) is 6.36. The van der Waals surface area contributed by atoms with Crippen LogP contribution in [0, 0.1) is 5.92 Å². The van der Waals surface area contributed by atoms with Crippen LogP contribution in [0.5, 0.6) is 0 Å². The largest absolute Gasteiger partial charge is 0.392 e. The summed E-state index contributed by atoms with van der Waals surface area (Å²) in [6.45, 7) is 6.02. The van der Waals surface area contributed by atoms with Crippen LogP contribution < -0.4 is 5.32 Å². The first-order valence-corrected chi connectivity index (χ1v) is 6.53. The molecule has 1 atom stereocenters. The number of thioether (sulfide) groups is 1. The number of aliphatic hydroxyl groups is 1. The van der Waals surface area contributed by atoms with Gasteiger partial charge in [0, 0.05) is 18.8 Å². The number of hydrogen-bond donors (Lipinski definition) is 2. The summed E-state index contributed by atoms with van der Waals surface area (Å²) in [6.07, 6.45) is 4.07. The Morgan fingerprint density at radius 1 is 1.31 bits per heavy atom. The van der Waals surface area contributed by atoms with Gasteiger partial charge in [0.25, 0.3) is 0 Å². The maximum Gasteiger partial charge on any atom is 0.0692 e. The Morgan fingerprint density at radius 3 is 2.38 bits per heavy atom. The molecule has 0 aromatic rings. The standard InChI is InChI=1S/C10H23NOS/c1-4-9(5-2)10(12)8-11-6-7-13-3/h9-12H,4-8H2,1-3H3. The summed E-state index contributed by atoms with van der Waals surface area (Å²) >= 11 is 1.83. The molecule has 0 aliphatic heterocycles. The first-order valence-electron chi connectivity index (χ1n) is 5.13. The number of rotatable bonds is 8. The molecular weight excluding hydrogens is 182 g/mol. The van der Waals surface area contributed by atoms with Crippen molar-refractivity contribution in [2.75, 3.05) is 25.1 Å². The molecule has 0 aromatic carbocycles. The molecule has 0 bridgehead atoms. The normalized spacial score (nSPS) is 13.6. The van der Waals surface area contributed by atoms with Gasteiger partial charge in [-0.2, -0.15) is 11.8 Å². The molecule has 3 heteroatoms. The highest BCUT2D eigenvalue weighted by Crippen LogP contribution is 2.11. The van der Waals surface area contributed by atoms with Gasteiger partial charge in [-0.15, -0.1) is 0 Å². The molecule has 0 radical (unpaired) electrons. The van der Waals surface area contributed by atoms with Gasteiger partial charge >= 0.3 is 0 Å². The van der Waals surface area contributed by atoms with Crippen molar-refractivity contribution in [2.45, 2.75) is 32.8 Å². The van der Waals surface area contributed by atoms with E-state index in [1.165, 1.54) is 0 Å². The number of hydrogen-bond acceptors (Lipinski definition) is 3. The summed E-state index contributed by atoms with van der Waals surface area (Å²) in [5.74, 6) is 1.58. The maximum atomic E-state index is 9.74. The molecule has 80 valence electrons. The SMILES string of the molecule is CCC(CC)C(O)CNCCSC. The van der Waals surface area contributed by atoms with Crippen LogP contribution in [0.1, 0.15) is 26.7 Å². The molecular formula is C10H23NOS. The van der Waals surface area contributed by atoms with E-state index in [9.17, 15) is 5.11 Å². The minimum absolute atomic E-state index is 0.170. The van der Waals surface area contributed by atoms with Crippen molar-refractivity contribution in [3.8, 4) is 0 Å². The van der Waals surface area contributed by atoms with Gasteiger partial charge in [0.15, 0.2) is 0 Å². The minimum Gasteiger partial charge on any atom is -0.392 e. The number of nitrogens with one attached hydrogen (secondary N) is 1. The van der Waals surface area contributed by atoms with Gasteiger partial charge < -0.3 is 10.4 Å². The Kier molecular flexibility index (Phi) is 9.03. The van der Waals surface area contributed by atoms with E-state index < -0.39 is 0 Å². The summed E-state index contributed by atoms with van der Waals surface area (Å²) in [6, 6.07) is 0. The molecule has 0 aliphatic carbocycles. The molecule has 2 N–H and O–H groups in total. The van der Waals surface area contributed by atoms with Crippen LogP contribution in [0.2, 0.25) is 0 Å². The van der Waals surface area contributed by atoms with Crippen molar-refractivity contribution in [2.24, 2.45) is 5.92 Å². The van der Waals surface area contributed by atoms with E-state index in [1.807, 2.05) is 11.8 Å². The second kappa shape index (κ2) is 8.85. The fourth-order valence-corrected chi connectivity index (χ4v) is 1.77. The lowest BCUT2D eigenvalue weighted by Crippen LogP contribution is -2.33. The highest BCUT2D eigenvalue weighted by molar-refractivity contribution is 7.98. The van der Waals surface area contributed by atoms with Gasteiger partial charge in [-0.1, -0.05) is 26.7 Å². The molecule has 0 spiro atoms. The monoisotopic (exact) mass is 205 g/mol. The van der Waals surface area contributed by atoms with Crippen LogP contribution in [-0.4, -0.2) is 36.3 Å². The van der Waals surface area contributed by atoms with Gasteiger partial charge in [-0.3, -0.25) is 0 Å². The van der Waals surface area contributed by atoms with E-state index in [0.717, 1.165) is 31.7 Å². The van der Waals surface area contributed by atoms with E-state index in [1.54, 1.807) is 0 Å². The smallest absolute Gasteiger partial charge is 0.0692 e. The molecule has 0 heterocycles. The zero-order chi connectivity index (χ0) is 10.1. The van der Waals surface area contributed by atoms with E-state index in [0.29, 0.717) is 5.92 Å². The zero-order valence-electron chi connectivity index (χ0n) is 9.05. The van der Waals surface area contributed by atoms with Crippen LogP contribution >= 0.6 is 11.8 Å². The molecule has 2 nitrogen and oxygen atoms in total. The first-order chi connectivity index (χ1) is 6.26. The molecule has 13 heavy (non-hydrogen) atoms. The van der Waals surface area contributed by atoms with Crippen molar-refractivity contribution < 1.29 is 5.11 Å². The van der Waals surface area contributed by atoms with E-state index in [-0.39, 0.29) is 6.10 Å². The summed E-state index contributed by atoms with van der Waals surface area (Å²) < 4.78 is 0. The van der Waals surface area contributed by atoms with Gasteiger partial charge in [0.1, 0.15) is 0 Å². The van der Waals surface area contributed by atoms with Gasteiger partial charge in [-0.25, -0.2) is 0 Å². The summed E-state index contributed by atoms with van der Waals surface area (Å²) in [5.41, 5.74) is 0. The lowest BCUT2D eigenvalue weighted by Gasteiger charge is -2.20. The Labute approximate surface area is 86.5 Å². The van der Waals surface area contributed by atoms with Crippen LogP contribution in [-0.2, 0) is 0 Å². The van der Waals surface area contributed by atoms with Gasteiger partial charge in [-0.05, 0) is 12.2 Å². The van der Waals surface area contributed by atoms with Crippen LogP contribution in [0.4, 0.5) is 0 Å². The molecule has 0 saturated heterocycles. The van der Waals surface area contributed by atoms with Crippen molar-refractivity contribution in [3.63, 3.8) is 0 Å². The predicted molar refractivity (Wildman–Crippen MR) is 61.3 cm³/mol. The predicted octanol–water partition coefficient (Wildman–Crippen LogP) is 1.74. The Hall–Kier alpha value is 0.270. The fraction of sp³-hybridized carbons (Fsp3) is 1.00. The van der Waals surface area contributed by atoms with Crippen molar-refractivity contribution in [1.82, 2.24) is 5.32 Å². The Balaban J connectivity index is 3.42. The number of aliphatic hydroxyl groups excluding tert-OH is 1. The highest BCUT2D eigenvalue weighted by Gasteiger charge is 2.14. The molecule has 0 aromatic heterocycles. The quantitative estimate of drug-likeness (QED) is 0.592. The molecule has 0 rings (SSSR count). The third-order valence-corrected chi connectivity index (χ3v) is 3.04. The van der Waals surface area contributed by atoms with Crippen molar-refractivity contribution in [1.29, 1.82) is 0 Å². The lowest BCUT2D eigenvalue weighted by atomic mass is 9.97. The van der Waals surface area contributed by atoms with E-state index in [2.05, 4.69) is 25.4 Å². The molecule has 0 amide bonds. The molecule has 0 saturated carbocycles. The van der Waals surface area contributed by atoms with Gasteiger partial charge in [0.2, 0.25) is 0 Å². The second-order valence-corrected chi connectivity index (χ2v) is 4.33. The second-order valence-electron chi connectivity index (χ2n) is 3.34. The van der Waals surface area contributed by atoms with Crippen LogP contribution in [0.3, 0.4) is 0 Å². The van der Waals surface area contributed by atoms with Crippen molar-refractivity contribution in [3.05, 3.63) is 0 Å². The van der Waals surface area contributed by atoms with Crippen molar-refractivity contribution >= 4 is 11.8 Å².